The van der Waals surface area contributed by atoms with Gasteiger partial charge in [0.15, 0.2) is 0 Å². The van der Waals surface area contributed by atoms with E-state index in [1.165, 1.54) is 0 Å². The molecule has 2 N–H and O–H groups in total. The minimum absolute atomic E-state index is 0.144. The summed E-state index contributed by atoms with van der Waals surface area (Å²) in [6, 6.07) is 0. The Bertz CT molecular complexity index is 143. The fourth-order valence-corrected chi connectivity index (χ4v) is 0.799. The van der Waals surface area contributed by atoms with Gasteiger partial charge in [-0.1, -0.05) is 6.92 Å². The number of hydrogen-bond acceptors (Lipinski definition) is 2. The third-order valence-electron chi connectivity index (χ3n) is 2.09. The molecule has 0 aliphatic rings. The maximum atomic E-state index is 11.7. The Hall–Kier alpha value is -0.290. The molecule has 0 bridgehead atoms. The van der Waals surface area contributed by atoms with Gasteiger partial charge in [0.1, 0.15) is 0 Å². The highest BCUT2D eigenvalue weighted by Crippen LogP contribution is 2.19. The molecule has 80 valence electrons. The van der Waals surface area contributed by atoms with Gasteiger partial charge in [-0.05, 0) is 13.3 Å². The molecular formula is C8H16F3NO. The highest BCUT2D eigenvalue weighted by atomic mass is 19.4. The van der Waals surface area contributed by atoms with Crippen LogP contribution in [0.1, 0.15) is 26.7 Å². The molecule has 0 aliphatic heterocycles. The summed E-state index contributed by atoms with van der Waals surface area (Å²) in [7, 11) is 0. The van der Waals surface area contributed by atoms with E-state index in [-0.39, 0.29) is 13.2 Å². The van der Waals surface area contributed by atoms with Crippen molar-refractivity contribution < 1.29 is 18.3 Å². The van der Waals surface area contributed by atoms with Crippen LogP contribution in [0.3, 0.4) is 0 Å². The van der Waals surface area contributed by atoms with Gasteiger partial charge in [0.2, 0.25) is 0 Å². The van der Waals surface area contributed by atoms with Crippen LogP contribution in [0.4, 0.5) is 13.2 Å². The summed E-state index contributed by atoms with van der Waals surface area (Å²) in [4.78, 5) is 0. The molecule has 13 heavy (non-hydrogen) atoms. The van der Waals surface area contributed by atoms with E-state index in [0.717, 1.165) is 0 Å². The molecule has 0 fully saturated rings. The van der Waals surface area contributed by atoms with E-state index in [1.807, 2.05) is 6.92 Å². The first-order valence-corrected chi connectivity index (χ1v) is 4.25. The predicted octanol–water partition coefficient (Wildman–Crippen LogP) is 1.69. The monoisotopic (exact) mass is 199 g/mol. The zero-order chi connectivity index (χ0) is 10.5. The Morgan fingerprint density at radius 1 is 1.31 bits per heavy atom. The highest BCUT2D eigenvalue weighted by Gasteiger charge is 2.28. The van der Waals surface area contributed by atoms with E-state index in [0.29, 0.717) is 6.42 Å². The number of rotatable bonds is 5. The van der Waals surface area contributed by atoms with E-state index >= 15 is 0 Å². The van der Waals surface area contributed by atoms with Crippen LogP contribution in [0.5, 0.6) is 0 Å². The third-order valence-corrected chi connectivity index (χ3v) is 2.09. The summed E-state index contributed by atoms with van der Waals surface area (Å²) < 4.78 is 35.2. The quantitative estimate of drug-likeness (QED) is 0.706. The lowest BCUT2D eigenvalue weighted by molar-refractivity contribution is -0.134. The Morgan fingerprint density at radius 3 is 2.15 bits per heavy atom. The average Bonchev–Trinajstić information content (AvgIpc) is 2.02. The maximum Gasteiger partial charge on any atom is 0.390 e. The van der Waals surface area contributed by atoms with Crippen LogP contribution in [0.15, 0.2) is 0 Å². The second-order valence-corrected chi connectivity index (χ2v) is 3.36. The molecule has 0 saturated heterocycles. The van der Waals surface area contributed by atoms with Crippen molar-refractivity contribution in [2.75, 3.05) is 13.2 Å². The molecule has 0 aromatic carbocycles. The molecule has 0 heterocycles. The molecule has 0 rings (SSSR count). The van der Waals surface area contributed by atoms with Gasteiger partial charge in [-0.25, -0.2) is 0 Å². The number of aliphatic hydroxyl groups excluding tert-OH is 1. The van der Waals surface area contributed by atoms with Gasteiger partial charge in [-0.15, -0.1) is 0 Å². The van der Waals surface area contributed by atoms with Gasteiger partial charge < -0.3 is 10.4 Å². The molecule has 0 aromatic rings. The topological polar surface area (TPSA) is 32.3 Å². The molecule has 2 nitrogen and oxygen atoms in total. The molecule has 0 radical (unpaired) electrons. The number of nitrogens with one attached hydrogen (secondary N) is 1. The normalized spacial score (nSPS) is 17.1. The first-order chi connectivity index (χ1) is 5.83. The zero-order valence-corrected chi connectivity index (χ0v) is 7.91. The second-order valence-electron chi connectivity index (χ2n) is 3.36. The molecule has 1 unspecified atom stereocenters. The summed E-state index contributed by atoms with van der Waals surface area (Å²) >= 11 is 0. The van der Waals surface area contributed by atoms with Crippen LogP contribution in [-0.2, 0) is 0 Å². The van der Waals surface area contributed by atoms with Crippen LogP contribution in [-0.4, -0.2) is 30.0 Å². The van der Waals surface area contributed by atoms with Crippen LogP contribution in [0.25, 0.3) is 0 Å². The smallest absolute Gasteiger partial charge is 0.390 e. The first-order valence-electron chi connectivity index (χ1n) is 4.25. The van der Waals surface area contributed by atoms with E-state index < -0.39 is 18.1 Å². The molecule has 0 amide bonds. The summed E-state index contributed by atoms with van der Waals surface area (Å²) in [5.74, 6) is 0. The molecule has 0 saturated carbocycles. The summed E-state index contributed by atoms with van der Waals surface area (Å²) in [6.07, 6.45) is -4.39. The van der Waals surface area contributed by atoms with Gasteiger partial charge >= 0.3 is 6.18 Å². The van der Waals surface area contributed by atoms with Crippen LogP contribution >= 0.6 is 0 Å². The lowest BCUT2D eigenvalue weighted by atomic mass is 10.0. The Balaban J connectivity index is 3.74. The van der Waals surface area contributed by atoms with Crippen LogP contribution in [0.2, 0.25) is 0 Å². The summed E-state index contributed by atoms with van der Waals surface area (Å²) in [5.41, 5.74) is -0.592. The minimum Gasteiger partial charge on any atom is -0.394 e. The van der Waals surface area contributed by atoms with Gasteiger partial charge in [-0.2, -0.15) is 13.2 Å². The zero-order valence-electron chi connectivity index (χ0n) is 7.91. The van der Waals surface area contributed by atoms with Gasteiger partial charge in [0, 0.05) is 12.1 Å². The lowest BCUT2D eigenvalue weighted by Crippen LogP contribution is -2.46. The van der Waals surface area contributed by atoms with Crippen molar-refractivity contribution in [3.63, 3.8) is 0 Å². The van der Waals surface area contributed by atoms with E-state index in [2.05, 4.69) is 5.32 Å². The number of hydrogen-bond donors (Lipinski definition) is 2. The predicted molar refractivity (Wildman–Crippen MR) is 44.5 cm³/mol. The van der Waals surface area contributed by atoms with Crippen molar-refractivity contribution in [3.8, 4) is 0 Å². The van der Waals surface area contributed by atoms with Gasteiger partial charge in [-0.3, -0.25) is 0 Å². The summed E-state index contributed by atoms with van der Waals surface area (Å²) in [6.45, 7) is 3.22. The van der Waals surface area contributed by atoms with Crippen molar-refractivity contribution in [1.29, 1.82) is 0 Å². The molecule has 1 atom stereocenters. The largest absolute Gasteiger partial charge is 0.394 e. The van der Waals surface area contributed by atoms with Crippen molar-refractivity contribution in [2.24, 2.45) is 0 Å². The minimum atomic E-state index is -4.13. The van der Waals surface area contributed by atoms with Crippen LogP contribution in [0, 0.1) is 0 Å². The fourth-order valence-electron chi connectivity index (χ4n) is 0.799. The first kappa shape index (κ1) is 12.7. The Labute approximate surface area is 76.1 Å². The standard InChI is InChI=1S/C8H16F3NO/c1-3-7(2,6-13)12-5-4-8(9,10)11/h12-13H,3-6H2,1-2H3. The maximum absolute atomic E-state index is 11.7. The highest BCUT2D eigenvalue weighted by molar-refractivity contribution is 4.80. The van der Waals surface area contributed by atoms with E-state index in [9.17, 15) is 13.2 Å². The molecule has 5 heteroatoms. The molecule has 0 aliphatic carbocycles. The van der Waals surface area contributed by atoms with Crippen LogP contribution < -0.4 is 5.32 Å². The fraction of sp³-hybridized carbons (Fsp3) is 1.00. The lowest BCUT2D eigenvalue weighted by Gasteiger charge is -2.27. The Kier molecular flexibility index (Phi) is 4.70. The molecule has 0 aromatic heterocycles. The summed E-state index contributed by atoms with van der Waals surface area (Å²) in [5, 5.41) is 11.6. The third kappa shape index (κ3) is 5.87. The van der Waals surface area contributed by atoms with Crippen molar-refractivity contribution >= 4 is 0 Å². The van der Waals surface area contributed by atoms with Crippen molar-refractivity contribution in [3.05, 3.63) is 0 Å². The van der Waals surface area contributed by atoms with E-state index in [1.54, 1.807) is 6.92 Å². The number of halogens is 3. The number of alkyl halides is 3. The molecule has 0 spiro atoms. The van der Waals surface area contributed by atoms with Crippen molar-refractivity contribution in [1.82, 2.24) is 5.32 Å². The average molecular weight is 199 g/mol. The Morgan fingerprint density at radius 2 is 1.85 bits per heavy atom. The van der Waals surface area contributed by atoms with Gasteiger partial charge in [0.25, 0.3) is 0 Å². The second kappa shape index (κ2) is 4.81. The van der Waals surface area contributed by atoms with Gasteiger partial charge in [0.05, 0.1) is 13.0 Å². The molecular weight excluding hydrogens is 183 g/mol. The number of aliphatic hydroxyl groups is 1. The van der Waals surface area contributed by atoms with Crippen molar-refractivity contribution in [2.45, 2.75) is 38.4 Å². The van der Waals surface area contributed by atoms with E-state index in [4.69, 9.17) is 5.11 Å². The SMILES string of the molecule is CCC(C)(CO)NCCC(F)(F)F.